The van der Waals surface area contributed by atoms with Crippen LogP contribution in [-0.2, 0) is 4.79 Å². The Morgan fingerprint density at radius 1 is 1.04 bits per heavy atom. The van der Waals surface area contributed by atoms with Gasteiger partial charge in [0.1, 0.15) is 10.7 Å². The highest BCUT2D eigenvalue weighted by molar-refractivity contribution is 8.16. The minimum absolute atomic E-state index is 0.181. The van der Waals surface area contributed by atoms with E-state index in [-0.39, 0.29) is 11.7 Å². The number of thioether (sulfide) groups is 1. The van der Waals surface area contributed by atoms with Gasteiger partial charge in [-0.25, -0.2) is 4.99 Å². The van der Waals surface area contributed by atoms with E-state index in [1.165, 1.54) is 11.8 Å². The first-order chi connectivity index (χ1) is 12.7. The number of benzene rings is 2. The second-order valence-electron chi connectivity index (χ2n) is 6.34. The topological polar surface area (TPSA) is 53.8 Å². The fourth-order valence-electron chi connectivity index (χ4n) is 2.46. The maximum absolute atomic E-state index is 12.3. The van der Waals surface area contributed by atoms with Gasteiger partial charge in [-0.3, -0.25) is 9.79 Å². The number of aliphatic imine (C=N–C) groups is 2. The van der Waals surface area contributed by atoms with Crippen LogP contribution in [-0.4, -0.2) is 28.1 Å². The van der Waals surface area contributed by atoms with Gasteiger partial charge in [0.25, 0.3) is 0 Å². The van der Waals surface area contributed by atoms with Crippen molar-refractivity contribution in [1.82, 2.24) is 0 Å². The van der Waals surface area contributed by atoms with E-state index in [2.05, 4.69) is 15.3 Å². The molecule has 0 saturated carbocycles. The molecular weight excluding hydrogens is 425 g/mol. The molecular formula is C19H16Cl3N3OS. The molecule has 2 aromatic carbocycles. The summed E-state index contributed by atoms with van der Waals surface area (Å²) in [6.07, 6.45) is 0. The summed E-state index contributed by atoms with van der Waals surface area (Å²) >= 11 is 19.3. The molecule has 1 aliphatic heterocycles. The molecule has 0 spiro atoms. The Balaban J connectivity index is 1.69. The number of hydrogen-bond donors (Lipinski definition) is 1. The molecule has 1 aliphatic rings. The molecule has 0 fully saturated rings. The summed E-state index contributed by atoms with van der Waals surface area (Å²) in [6, 6.07) is 12.3. The van der Waals surface area contributed by atoms with E-state index in [0.717, 1.165) is 16.3 Å². The lowest BCUT2D eigenvalue weighted by Gasteiger charge is -2.08. The van der Waals surface area contributed by atoms with Crippen molar-refractivity contribution in [2.45, 2.75) is 19.5 Å². The van der Waals surface area contributed by atoms with E-state index in [1.807, 2.05) is 38.1 Å². The molecule has 4 nitrogen and oxygen atoms in total. The molecule has 0 unspecified atom stereocenters. The van der Waals surface area contributed by atoms with Crippen LogP contribution in [0.2, 0.25) is 15.1 Å². The molecule has 0 saturated heterocycles. The zero-order valence-corrected chi connectivity index (χ0v) is 17.7. The predicted molar refractivity (Wildman–Crippen MR) is 117 cm³/mol. The van der Waals surface area contributed by atoms with E-state index >= 15 is 0 Å². The molecule has 0 aromatic heterocycles. The summed E-state index contributed by atoms with van der Waals surface area (Å²) in [5.41, 5.74) is 1.64. The maximum atomic E-state index is 12.3. The molecule has 8 heteroatoms. The highest BCUT2D eigenvalue weighted by Gasteiger charge is 2.28. The van der Waals surface area contributed by atoms with Crippen LogP contribution in [0.1, 0.15) is 19.4 Å². The van der Waals surface area contributed by atoms with Gasteiger partial charge in [-0.1, -0.05) is 58.7 Å². The molecule has 3 rings (SSSR count). The van der Waals surface area contributed by atoms with Crippen LogP contribution < -0.4 is 5.32 Å². The largest absolute Gasteiger partial charge is 0.324 e. The number of amides is 1. The van der Waals surface area contributed by atoms with E-state index in [1.54, 1.807) is 18.2 Å². The first-order valence-electron chi connectivity index (χ1n) is 8.07. The number of halogens is 3. The molecule has 2 aromatic rings. The highest BCUT2D eigenvalue weighted by Crippen LogP contribution is 2.28. The molecule has 27 heavy (non-hydrogen) atoms. The maximum Gasteiger partial charge on any atom is 0.234 e. The van der Waals surface area contributed by atoms with Crippen molar-refractivity contribution in [2.24, 2.45) is 9.98 Å². The van der Waals surface area contributed by atoms with E-state index in [9.17, 15) is 4.79 Å². The lowest BCUT2D eigenvalue weighted by molar-refractivity contribution is -0.113. The van der Waals surface area contributed by atoms with Gasteiger partial charge in [-0.05, 0) is 44.2 Å². The fraction of sp³-hybridized carbons (Fsp3) is 0.211. The van der Waals surface area contributed by atoms with Gasteiger partial charge in [0.05, 0.1) is 22.2 Å². The van der Waals surface area contributed by atoms with Gasteiger partial charge in [-0.2, -0.15) is 0 Å². The Hall–Kier alpha value is -1.53. The van der Waals surface area contributed by atoms with Gasteiger partial charge in [0.15, 0.2) is 0 Å². The second kappa shape index (κ2) is 8.23. The molecule has 0 aliphatic carbocycles. The van der Waals surface area contributed by atoms with E-state index in [0.29, 0.717) is 20.8 Å². The van der Waals surface area contributed by atoms with Crippen molar-refractivity contribution in [3.8, 4) is 0 Å². The van der Waals surface area contributed by atoms with Crippen LogP contribution in [0.5, 0.6) is 0 Å². The minimum Gasteiger partial charge on any atom is -0.324 e. The average Bonchev–Trinajstić information content (AvgIpc) is 2.91. The molecule has 0 atom stereocenters. The Kier molecular flexibility index (Phi) is 6.16. The highest BCUT2D eigenvalue weighted by atomic mass is 35.5. The first kappa shape index (κ1) is 20.2. The van der Waals surface area contributed by atoms with Gasteiger partial charge in [-0.15, -0.1) is 0 Å². The summed E-state index contributed by atoms with van der Waals surface area (Å²) in [5, 5.41) is 5.06. The van der Waals surface area contributed by atoms with Crippen LogP contribution in [0.15, 0.2) is 52.4 Å². The standard InChI is InChI=1S/C19H16Cl3N3OS/c1-19(2)24-17(11-3-5-12(20)6-4-11)18(25-19)27-10-16(26)23-15-8-7-13(21)9-14(15)22/h3-9H,10H2,1-2H3,(H,23,26). The van der Waals surface area contributed by atoms with Crippen LogP contribution in [0.25, 0.3) is 0 Å². The van der Waals surface area contributed by atoms with Crippen LogP contribution in [0.3, 0.4) is 0 Å². The minimum atomic E-state index is -0.562. The smallest absolute Gasteiger partial charge is 0.234 e. The van der Waals surface area contributed by atoms with Gasteiger partial charge >= 0.3 is 0 Å². The van der Waals surface area contributed by atoms with Crippen molar-refractivity contribution in [3.63, 3.8) is 0 Å². The summed E-state index contributed by atoms with van der Waals surface area (Å²) < 4.78 is 0. The quantitative estimate of drug-likeness (QED) is 0.638. The van der Waals surface area contributed by atoms with Gasteiger partial charge < -0.3 is 5.32 Å². The van der Waals surface area contributed by atoms with E-state index in [4.69, 9.17) is 34.8 Å². The Morgan fingerprint density at radius 3 is 2.37 bits per heavy atom. The second-order valence-corrected chi connectivity index (χ2v) is 8.58. The summed E-state index contributed by atoms with van der Waals surface area (Å²) in [5.74, 6) is -0.00685. The summed E-state index contributed by atoms with van der Waals surface area (Å²) in [7, 11) is 0. The third kappa shape index (κ3) is 5.26. The normalized spacial score (nSPS) is 15.3. The number of rotatable bonds is 4. The molecule has 0 bridgehead atoms. The number of nitrogens with zero attached hydrogens (tertiary/aromatic N) is 2. The van der Waals surface area contributed by atoms with Gasteiger partial charge in [0, 0.05) is 15.6 Å². The number of anilines is 1. The van der Waals surface area contributed by atoms with Crippen molar-refractivity contribution < 1.29 is 4.79 Å². The molecule has 140 valence electrons. The Labute approximate surface area is 177 Å². The van der Waals surface area contributed by atoms with Gasteiger partial charge in [0.2, 0.25) is 5.91 Å². The Morgan fingerprint density at radius 2 is 1.70 bits per heavy atom. The third-order valence-electron chi connectivity index (χ3n) is 3.63. The molecule has 0 radical (unpaired) electrons. The number of nitrogens with one attached hydrogen (secondary N) is 1. The first-order valence-corrected chi connectivity index (χ1v) is 10.2. The van der Waals surface area contributed by atoms with Crippen molar-refractivity contribution in [3.05, 3.63) is 63.1 Å². The lowest BCUT2D eigenvalue weighted by Crippen LogP contribution is -2.18. The van der Waals surface area contributed by atoms with Crippen molar-refractivity contribution in [1.29, 1.82) is 0 Å². The van der Waals surface area contributed by atoms with Crippen molar-refractivity contribution >= 4 is 68.9 Å². The number of hydrogen-bond acceptors (Lipinski definition) is 4. The van der Waals surface area contributed by atoms with E-state index < -0.39 is 5.66 Å². The fourth-order valence-corrected chi connectivity index (χ4v) is 3.97. The monoisotopic (exact) mass is 439 g/mol. The summed E-state index contributed by atoms with van der Waals surface area (Å²) in [6.45, 7) is 3.84. The van der Waals surface area contributed by atoms with Crippen LogP contribution in [0, 0.1) is 0 Å². The Bertz CT molecular complexity index is 940. The van der Waals surface area contributed by atoms with Crippen LogP contribution >= 0.6 is 46.6 Å². The zero-order chi connectivity index (χ0) is 19.6. The molecule has 1 N–H and O–H groups in total. The molecule has 1 heterocycles. The van der Waals surface area contributed by atoms with Crippen LogP contribution in [0.4, 0.5) is 5.69 Å². The number of carbonyl (C=O) groups is 1. The SMILES string of the molecule is CC1(C)N=C(SCC(=O)Nc2ccc(Cl)cc2Cl)C(c2ccc(Cl)cc2)=N1. The lowest BCUT2D eigenvalue weighted by atomic mass is 10.1. The predicted octanol–water partition coefficient (Wildman–Crippen LogP) is 5.96. The molecule has 1 amide bonds. The average molecular weight is 441 g/mol. The summed E-state index contributed by atoms with van der Waals surface area (Å²) in [4.78, 5) is 21.6. The number of carbonyl (C=O) groups excluding carboxylic acids is 1. The third-order valence-corrected chi connectivity index (χ3v) is 5.39. The van der Waals surface area contributed by atoms with Crippen molar-refractivity contribution in [2.75, 3.05) is 11.1 Å². The zero-order valence-electron chi connectivity index (χ0n) is 14.6.